The monoisotopic (exact) mass is 559 g/mol. The van der Waals surface area contributed by atoms with Crippen LogP contribution in [-0.4, -0.2) is 84.9 Å². The molecule has 11 heteroatoms. The Bertz CT molecular complexity index is 1080. The SMILES string of the molecule is CNC(=O)CN1CCC(COc2ccc3c(c2)CN(C(=NC(=O)OC(C)(C)C)NC(=O)OC(C)(C)C)CC3)CC1. The Morgan fingerprint density at radius 2 is 1.65 bits per heavy atom. The van der Waals surface area contributed by atoms with Crippen LogP contribution in [0, 0.1) is 5.92 Å². The van der Waals surface area contributed by atoms with Crippen LogP contribution in [0.4, 0.5) is 9.59 Å². The second kappa shape index (κ2) is 13.3. The number of nitrogens with one attached hydrogen (secondary N) is 2. The highest BCUT2D eigenvalue weighted by atomic mass is 16.6. The summed E-state index contributed by atoms with van der Waals surface area (Å²) in [4.78, 5) is 44.8. The summed E-state index contributed by atoms with van der Waals surface area (Å²) < 4.78 is 16.9. The molecule has 1 saturated heterocycles. The minimum atomic E-state index is -0.789. The maximum Gasteiger partial charge on any atom is 0.437 e. The topological polar surface area (TPSA) is 122 Å². The molecule has 2 heterocycles. The van der Waals surface area contributed by atoms with Crippen molar-refractivity contribution in [3.63, 3.8) is 0 Å². The second-order valence-corrected chi connectivity index (χ2v) is 12.3. The number of likely N-dealkylation sites (tertiary alicyclic amines) is 1. The molecule has 0 aliphatic carbocycles. The van der Waals surface area contributed by atoms with Crippen molar-refractivity contribution in [2.45, 2.75) is 78.6 Å². The van der Waals surface area contributed by atoms with Gasteiger partial charge in [0.1, 0.15) is 17.0 Å². The molecule has 0 spiro atoms. The van der Waals surface area contributed by atoms with Gasteiger partial charge in [0.25, 0.3) is 0 Å². The maximum atomic E-state index is 12.6. The number of fused-ring (bicyclic) bond motifs is 1. The lowest BCUT2D eigenvalue weighted by Gasteiger charge is -2.32. The highest BCUT2D eigenvalue weighted by Gasteiger charge is 2.26. The zero-order chi connectivity index (χ0) is 29.5. The lowest BCUT2D eigenvalue weighted by molar-refractivity contribution is -0.122. The minimum absolute atomic E-state index is 0.0402. The number of ether oxygens (including phenoxy) is 3. The van der Waals surface area contributed by atoms with Crippen molar-refractivity contribution in [3.05, 3.63) is 29.3 Å². The first-order valence-electron chi connectivity index (χ1n) is 13.9. The van der Waals surface area contributed by atoms with Crippen molar-refractivity contribution in [3.8, 4) is 5.75 Å². The largest absolute Gasteiger partial charge is 0.493 e. The number of guanidine groups is 1. The summed E-state index contributed by atoms with van der Waals surface area (Å²) in [7, 11) is 1.66. The Hall–Kier alpha value is -3.34. The quantitative estimate of drug-likeness (QED) is 0.414. The fourth-order valence-corrected chi connectivity index (χ4v) is 4.56. The zero-order valence-electron chi connectivity index (χ0n) is 25.0. The molecule has 1 aromatic carbocycles. The van der Waals surface area contributed by atoms with Crippen LogP contribution in [0.2, 0.25) is 0 Å². The molecular weight excluding hydrogens is 514 g/mol. The van der Waals surface area contributed by atoms with Crippen molar-refractivity contribution in [1.29, 1.82) is 0 Å². The van der Waals surface area contributed by atoms with E-state index in [1.165, 1.54) is 5.56 Å². The molecular formula is C29H45N5O6. The van der Waals surface area contributed by atoms with Gasteiger partial charge in [-0.15, -0.1) is 4.99 Å². The summed E-state index contributed by atoms with van der Waals surface area (Å²) in [6, 6.07) is 6.07. The smallest absolute Gasteiger partial charge is 0.437 e. The number of hydrogen-bond donors (Lipinski definition) is 2. The number of alkyl carbamates (subject to hydrolysis) is 1. The Balaban J connectivity index is 1.65. The fourth-order valence-electron chi connectivity index (χ4n) is 4.56. The Kier molecular flexibility index (Phi) is 10.4. The molecule has 3 amide bonds. The average molecular weight is 560 g/mol. The van der Waals surface area contributed by atoms with Gasteiger partial charge in [0.2, 0.25) is 11.9 Å². The van der Waals surface area contributed by atoms with Gasteiger partial charge in [-0.05, 0) is 103 Å². The van der Waals surface area contributed by atoms with Crippen LogP contribution >= 0.6 is 0 Å². The molecule has 1 aromatic rings. The van der Waals surface area contributed by atoms with Crippen LogP contribution in [0.25, 0.3) is 0 Å². The van der Waals surface area contributed by atoms with Crippen molar-refractivity contribution < 1.29 is 28.6 Å². The first-order chi connectivity index (χ1) is 18.7. The lowest BCUT2D eigenvalue weighted by atomic mass is 9.97. The van der Waals surface area contributed by atoms with Gasteiger partial charge in [-0.25, -0.2) is 9.59 Å². The number of nitrogens with zero attached hydrogens (tertiary/aromatic N) is 3. The summed E-state index contributed by atoms with van der Waals surface area (Å²) >= 11 is 0. The molecule has 2 N–H and O–H groups in total. The summed E-state index contributed by atoms with van der Waals surface area (Å²) in [5.74, 6) is 1.33. The molecule has 1 fully saturated rings. The first kappa shape index (κ1) is 31.2. The van der Waals surface area contributed by atoms with Crippen LogP contribution in [-0.2, 0) is 27.2 Å². The van der Waals surface area contributed by atoms with E-state index in [1.807, 2.05) is 17.0 Å². The third-order valence-corrected chi connectivity index (χ3v) is 6.53. The molecule has 0 unspecified atom stereocenters. The number of carbonyl (C=O) groups excluding carboxylic acids is 3. The molecule has 0 atom stereocenters. The Morgan fingerprint density at radius 3 is 2.27 bits per heavy atom. The van der Waals surface area contributed by atoms with E-state index in [1.54, 1.807) is 48.6 Å². The Labute approximate surface area is 237 Å². The summed E-state index contributed by atoms with van der Waals surface area (Å²) in [6.45, 7) is 14.4. The van der Waals surface area contributed by atoms with Crippen LogP contribution in [0.5, 0.6) is 5.75 Å². The summed E-state index contributed by atoms with van der Waals surface area (Å²) in [6.07, 6.45) is 1.19. The van der Waals surface area contributed by atoms with Crippen LogP contribution in [0.15, 0.2) is 23.2 Å². The van der Waals surface area contributed by atoms with E-state index < -0.39 is 23.4 Å². The molecule has 222 valence electrons. The lowest BCUT2D eigenvalue weighted by Crippen LogP contribution is -2.48. The molecule has 0 saturated carbocycles. The molecule has 2 aliphatic rings. The van der Waals surface area contributed by atoms with Crippen LogP contribution in [0.3, 0.4) is 0 Å². The van der Waals surface area contributed by atoms with E-state index in [2.05, 4.69) is 26.6 Å². The third-order valence-electron chi connectivity index (χ3n) is 6.53. The van der Waals surface area contributed by atoms with Crippen molar-refractivity contribution in [2.75, 3.05) is 39.8 Å². The number of carbonyl (C=O) groups is 3. The van der Waals surface area contributed by atoms with Crippen LogP contribution < -0.4 is 15.4 Å². The number of benzene rings is 1. The van der Waals surface area contributed by atoms with Gasteiger partial charge in [0.05, 0.1) is 13.2 Å². The number of amides is 3. The van der Waals surface area contributed by atoms with E-state index in [0.717, 1.165) is 37.2 Å². The molecule has 2 aliphatic heterocycles. The average Bonchev–Trinajstić information content (AvgIpc) is 2.85. The van der Waals surface area contributed by atoms with Gasteiger partial charge in [-0.3, -0.25) is 15.0 Å². The van der Waals surface area contributed by atoms with Crippen LogP contribution in [0.1, 0.15) is 65.5 Å². The normalized spacial score (nSPS) is 17.1. The van der Waals surface area contributed by atoms with Gasteiger partial charge >= 0.3 is 12.2 Å². The number of likely N-dealkylation sites (N-methyl/N-ethyl adjacent to an activating group) is 1. The van der Waals surface area contributed by atoms with E-state index in [9.17, 15) is 14.4 Å². The van der Waals surface area contributed by atoms with E-state index >= 15 is 0 Å². The molecule has 3 rings (SSSR count). The highest BCUT2D eigenvalue weighted by Crippen LogP contribution is 2.26. The van der Waals surface area contributed by atoms with Crippen molar-refractivity contribution in [1.82, 2.24) is 20.4 Å². The fraction of sp³-hybridized carbons (Fsp3) is 0.655. The standard InChI is InChI=1S/C29H45N5O6/c1-28(2,3)39-26(36)31-25(32-27(37)40-29(4,5)6)34-15-12-21-8-9-23(16-22(21)17-34)38-19-20-10-13-33(14-11-20)18-24(35)30-7/h8-9,16,20H,10-15,17-19H2,1-7H3,(H,30,35)(H,31,32,36,37). The van der Waals surface area contributed by atoms with E-state index in [4.69, 9.17) is 14.2 Å². The van der Waals surface area contributed by atoms with Crippen molar-refractivity contribution >= 4 is 24.1 Å². The van der Waals surface area contributed by atoms with Gasteiger partial charge < -0.3 is 24.4 Å². The molecule has 0 radical (unpaired) electrons. The minimum Gasteiger partial charge on any atom is -0.493 e. The van der Waals surface area contributed by atoms with E-state index in [-0.39, 0.29) is 11.9 Å². The van der Waals surface area contributed by atoms with Gasteiger partial charge in [0.15, 0.2) is 0 Å². The van der Waals surface area contributed by atoms with Gasteiger partial charge in [-0.1, -0.05) is 6.07 Å². The maximum absolute atomic E-state index is 12.6. The predicted octanol–water partition coefficient (Wildman–Crippen LogP) is 3.70. The summed E-state index contributed by atoms with van der Waals surface area (Å²) in [5, 5.41) is 5.32. The van der Waals surface area contributed by atoms with Crippen molar-refractivity contribution in [2.24, 2.45) is 10.9 Å². The summed E-state index contributed by atoms with van der Waals surface area (Å²) in [5.41, 5.74) is 0.786. The third kappa shape index (κ3) is 10.3. The van der Waals surface area contributed by atoms with Gasteiger partial charge in [-0.2, -0.15) is 0 Å². The van der Waals surface area contributed by atoms with Gasteiger partial charge in [0, 0.05) is 20.1 Å². The number of piperidine rings is 1. The molecule has 0 aromatic heterocycles. The molecule has 40 heavy (non-hydrogen) atoms. The molecule has 11 nitrogen and oxygen atoms in total. The Morgan fingerprint density at radius 1 is 0.975 bits per heavy atom. The van der Waals surface area contributed by atoms with E-state index in [0.29, 0.717) is 38.6 Å². The number of hydrogen-bond acceptors (Lipinski definition) is 7. The second-order valence-electron chi connectivity index (χ2n) is 12.3. The zero-order valence-corrected chi connectivity index (χ0v) is 25.0. The first-order valence-corrected chi connectivity index (χ1v) is 13.9. The highest BCUT2D eigenvalue weighted by molar-refractivity contribution is 5.99. The molecule has 0 bridgehead atoms. The number of rotatable bonds is 5. The predicted molar refractivity (Wildman–Crippen MR) is 152 cm³/mol. The number of aliphatic imine (C=N–C) groups is 1.